The molecule has 0 atom stereocenters. The van der Waals surface area contributed by atoms with E-state index in [1.807, 2.05) is 0 Å². The van der Waals surface area contributed by atoms with Crippen LogP contribution < -0.4 is 0 Å². The van der Waals surface area contributed by atoms with Crippen LogP contribution in [0.25, 0.3) is 0 Å². The molecule has 0 aromatic carbocycles. The fourth-order valence-electron chi connectivity index (χ4n) is 0.411. The first-order chi connectivity index (χ1) is 4.74. The maximum absolute atomic E-state index is 8.14. The molecule has 1 aromatic rings. The van der Waals surface area contributed by atoms with Crippen LogP contribution in [0.4, 0.5) is 0 Å². The van der Waals surface area contributed by atoms with Crippen LogP contribution in [0.2, 0.25) is 0 Å². The Labute approximate surface area is 61.1 Å². The van der Waals surface area contributed by atoms with Crippen molar-refractivity contribution in [2.75, 3.05) is 0 Å². The third kappa shape index (κ3) is 1.21. The van der Waals surface area contributed by atoms with Gasteiger partial charge >= 0.3 is 0 Å². The average Bonchev–Trinajstić information content (AvgIpc) is 2.34. The normalized spacial score (nSPS) is 12.0. The van der Waals surface area contributed by atoms with E-state index in [1.165, 1.54) is 4.80 Å². The van der Waals surface area contributed by atoms with Gasteiger partial charge in [-0.15, -0.1) is 10.2 Å². The van der Waals surface area contributed by atoms with Crippen molar-refractivity contribution in [1.29, 1.82) is 0 Å². The highest BCUT2D eigenvalue weighted by Gasteiger charge is 2.05. The maximum Gasteiger partial charge on any atom is 0.238 e. The van der Waals surface area contributed by atoms with Gasteiger partial charge in [0.25, 0.3) is 0 Å². The number of nitrogens with zero attached hydrogens (tertiary/aromatic N) is 5. The third-order valence-corrected chi connectivity index (χ3v) is 1.03. The predicted molar refractivity (Wildman–Crippen MR) is 33.0 cm³/mol. The zero-order valence-corrected chi connectivity index (χ0v) is 5.82. The number of oxime groups is 1. The minimum Gasteiger partial charge on any atom is -0.410 e. The van der Waals surface area contributed by atoms with Gasteiger partial charge in [-0.1, -0.05) is 16.8 Å². The summed E-state index contributed by atoms with van der Waals surface area (Å²) in [5.74, 6) is 0.103. The molecule has 0 radical (unpaired) electrons. The van der Waals surface area contributed by atoms with E-state index < -0.39 is 0 Å². The van der Waals surface area contributed by atoms with Crippen LogP contribution in [0.3, 0.4) is 0 Å². The second-order valence-electron chi connectivity index (χ2n) is 1.49. The van der Waals surface area contributed by atoms with Gasteiger partial charge in [0.05, 0.1) is 7.05 Å². The zero-order chi connectivity index (χ0) is 7.56. The molecule has 0 amide bonds. The number of halogens is 1. The molecule has 0 bridgehead atoms. The first-order valence-electron chi connectivity index (χ1n) is 2.36. The van der Waals surface area contributed by atoms with Crippen molar-refractivity contribution >= 4 is 16.8 Å². The molecule has 6 nitrogen and oxygen atoms in total. The molecule has 0 unspecified atom stereocenters. The molecule has 0 spiro atoms. The van der Waals surface area contributed by atoms with E-state index in [2.05, 4.69) is 20.6 Å². The summed E-state index contributed by atoms with van der Waals surface area (Å²) in [7, 11) is 1.58. The van der Waals surface area contributed by atoms with Crippen LogP contribution in [0.5, 0.6) is 0 Å². The van der Waals surface area contributed by atoms with Crippen LogP contribution in [-0.2, 0) is 7.05 Å². The largest absolute Gasteiger partial charge is 0.410 e. The highest BCUT2D eigenvalue weighted by Crippen LogP contribution is 1.93. The standard InChI is InChI=1S/C3H4ClN5O/c1-9-6-3(5-8-9)2(4)7-10/h10H,1H3/b7-2-. The van der Waals surface area contributed by atoms with Crippen molar-refractivity contribution in [3.05, 3.63) is 5.82 Å². The molecule has 0 aliphatic carbocycles. The Morgan fingerprint density at radius 1 is 1.80 bits per heavy atom. The molecule has 0 saturated heterocycles. The first kappa shape index (κ1) is 6.94. The molecule has 1 rings (SSSR count). The Morgan fingerprint density at radius 2 is 2.50 bits per heavy atom. The smallest absolute Gasteiger partial charge is 0.238 e. The minimum atomic E-state index is -0.173. The molecule has 10 heavy (non-hydrogen) atoms. The van der Waals surface area contributed by atoms with Crippen LogP contribution >= 0.6 is 11.6 Å². The fraction of sp³-hybridized carbons (Fsp3) is 0.333. The van der Waals surface area contributed by atoms with Gasteiger partial charge < -0.3 is 5.21 Å². The average molecular weight is 162 g/mol. The number of aromatic nitrogens is 4. The van der Waals surface area contributed by atoms with E-state index in [0.29, 0.717) is 0 Å². The first-order valence-corrected chi connectivity index (χ1v) is 2.73. The number of rotatable bonds is 1. The zero-order valence-electron chi connectivity index (χ0n) is 5.06. The molecule has 0 fully saturated rings. The summed E-state index contributed by atoms with van der Waals surface area (Å²) >= 11 is 5.33. The molecule has 0 aliphatic heterocycles. The van der Waals surface area contributed by atoms with Gasteiger partial charge in [-0.05, 0) is 5.21 Å². The van der Waals surface area contributed by atoms with Crippen LogP contribution in [0, 0.1) is 0 Å². The Hall–Kier alpha value is -1.17. The van der Waals surface area contributed by atoms with Crippen molar-refractivity contribution in [3.63, 3.8) is 0 Å². The highest BCUT2D eigenvalue weighted by atomic mass is 35.5. The van der Waals surface area contributed by atoms with Crippen molar-refractivity contribution in [1.82, 2.24) is 20.2 Å². The van der Waals surface area contributed by atoms with Gasteiger partial charge in [-0.2, -0.15) is 4.80 Å². The lowest BCUT2D eigenvalue weighted by Crippen LogP contribution is -1.96. The lowest BCUT2D eigenvalue weighted by Gasteiger charge is -1.81. The van der Waals surface area contributed by atoms with Crippen LogP contribution in [-0.4, -0.2) is 30.6 Å². The van der Waals surface area contributed by atoms with Gasteiger partial charge in [-0.3, -0.25) is 0 Å². The van der Waals surface area contributed by atoms with E-state index >= 15 is 0 Å². The molecular formula is C3H4ClN5O. The monoisotopic (exact) mass is 161 g/mol. The Kier molecular flexibility index (Phi) is 1.81. The molecular weight excluding hydrogens is 158 g/mol. The molecule has 1 aromatic heterocycles. The lowest BCUT2D eigenvalue weighted by molar-refractivity contribution is 0.320. The molecule has 54 valence electrons. The number of hydrogen-bond donors (Lipinski definition) is 1. The van der Waals surface area contributed by atoms with Gasteiger partial charge in [0.1, 0.15) is 0 Å². The summed E-state index contributed by atoms with van der Waals surface area (Å²) < 4.78 is 0. The Balaban J connectivity index is 2.95. The Bertz CT molecular complexity index is 255. The number of aryl methyl sites for hydroxylation is 1. The second-order valence-corrected chi connectivity index (χ2v) is 1.85. The topological polar surface area (TPSA) is 76.2 Å². The SMILES string of the molecule is Cn1nnc(/C(Cl)=N/O)n1. The van der Waals surface area contributed by atoms with Crippen LogP contribution in [0.1, 0.15) is 5.82 Å². The lowest BCUT2D eigenvalue weighted by atomic mass is 10.7. The molecule has 0 saturated carbocycles. The van der Waals surface area contributed by atoms with Crippen molar-refractivity contribution < 1.29 is 5.21 Å². The number of tetrazole rings is 1. The van der Waals surface area contributed by atoms with E-state index in [0.717, 1.165) is 0 Å². The van der Waals surface area contributed by atoms with Gasteiger partial charge in [-0.25, -0.2) is 0 Å². The van der Waals surface area contributed by atoms with Gasteiger partial charge in [0.15, 0.2) is 0 Å². The van der Waals surface area contributed by atoms with Crippen molar-refractivity contribution in [2.45, 2.75) is 0 Å². The Morgan fingerprint density at radius 3 is 2.90 bits per heavy atom. The van der Waals surface area contributed by atoms with E-state index in [-0.39, 0.29) is 11.0 Å². The quantitative estimate of drug-likeness (QED) is 0.345. The summed E-state index contributed by atoms with van der Waals surface area (Å²) in [5, 5.41) is 21.2. The van der Waals surface area contributed by atoms with Crippen LogP contribution in [0.15, 0.2) is 5.16 Å². The van der Waals surface area contributed by atoms with Crippen molar-refractivity contribution in [2.24, 2.45) is 12.2 Å². The van der Waals surface area contributed by atoms with Gasteiger partial charge in [0.2, 0.25) is 11.0 Å². The summed E-state index contributed by atoms with van der Waals surface area (Å²) in [6.07, 6.45) is 0. The van der Waals surface area contributed by atoms with E-state index in [1.54, 1.807) is 7.05 Å². The minimum absolute atomic E-state index is 0.103. The summed E-state index contributed by atoms with van der Waals surface area (Å²) in [4.78, 5) is 1.21. The third-order valence-electron chi connectivity index (χ3n) is 0.781. The summed E-state index contributed by atoms with van der Waals surface area (Å²) in [6, 6.07) is 0. The molecule has 7 heteroatoms. The van der Waals surface area contributed by atoms with Gasteiger partial charge in [0, 0.05) is 0 Å². The predicted octanol–water partition coefficient (Wildman–Crippen LogP) is -0.415. The summed E-state index contributed by atoms with van der Waals surface area (Å²) in [6.45, 7) is 0. The van der Waals surface area contributed by atoms with E-state index in [9.17, 15) is 0 Å². The number of hydrogen-bond acceptors (Lipinski definition) is 5. The highest BCUT2D eigenvalue weighted by molar-refractivity contribution is 6.68. The summed E-state index contributed by atoms with van der Waals surface area (Å²) in [5.41, 5.74) is 0. The van der Waals surface area contributed by atoms with Crippen molar-refractivity contribution in [3.8, 4) is 0 Å². The fourth-order valence-corrected chi connectivity index (χ4v) is 0.487. The van der Waals surface area contributed by atoms with E-state index in [4.69, 9.17) is 16.8 Å². The molecule has 1 heterocycles. The second kappa shape index (κ2) is 2.61. The maximum atomic E-state index is 8.14. The molecule has 1 N–H and O–H groups in total. The molecule has 0 aliphatic rings.